The second-order valence-corrected chi connectivity index (χ2v) is 5.57. The van der Waals surface area contributed by atoms with E-state index in [4.69, 9.17) is 5.11 Å². The van der Waals surface area contributed by atoms with Crippen LogP contribution >= 0.6 is 11.8 Å². The van der Waals surface area contributed by atoms with Gasteiger partial charge in [0, 0.05) is 11.6 Å². The molecule has 3 N–H and O–H groups in total. The molecule has 1 atom stereocenters. The number of rotatable bonds is 5. The summed E-state index contributed by atoms with van der Waals surface area (Å²) in [4.78, 5) is 32.1. The second-order valence-electron chi connectivity index (χ2n) is 4.38. The molecule has 0 saturated carbocycles. The Hall–Kier alpha value is -2.95. The van der Waals surface area contributed by atoms with Crippen LogP contribution in [0, 0.1) is 10.1 Å². The van der Waals surface area contributed by atoms with Crippen molar-refractivity contribution in [3.05, 3.63) is 33.9 Å². The lowest BCUT2D eigenvalue weighted by molar-refractivity contribution is -0.384. The van der Waals surface area contributed by atoms with Crippen molar-refractivity contribution in [1.82, 2.24) is 5.32 Å². The van der Waals surface area contributed by atoms with Crippen LogP contribution in [0.15, 0.2) is 28.4 Å². The van der Waals surface area contributed by atoms with E-state index in [2.05, 4.69) is 15.5 Å². The van der Waals surface area contributed by atoms with Crippen molar-refractivity contribution in [2.45, 2.75) is 11.7 Å². The Morgan fingerprint density at radius 3 is 2.87 bits per heavy atom. The highest BCUT2D eigenvalue weighted by Crippen LogP contribution is 2.23. The van der Waals surface area contributed by atoms with Crippen LogP contribution in [0.5, 0.6) is 5.75 Å². The van der Waals surface area contributed by atoms with Crippen molar-refractivity contribution in [2.24, 2.45) is 10.2 Å². The molecular formula is C12H10N4O6S. The van der Waals surface area contributed by atoms with Crippen molar-refractivity contribution in [1.29, 1.82) is 0 Å². The summed E-state index contributed by atoms with van der Waals surface area (Å²) in [6.07, 6.45) is 0.828. The number of hydrogen-bond acceptors (Lipinski definition) is 8. The fourth-order valence-electron chi connectivity index (χ4n) is 1.69. The summed E-state index contributed by atoms with van der Waals surface area (Å²) in [5, 5.41) is 37.8. The van der Waals surface area contributed by atoms with E-state index in [1.165, 1.54) is 12.1 Å². The third-order valence-electron chi connectivity index (χ3n) is 2.63. The summed E-state index contributed by atoms with van der Waals surface area (Å²) in [7, 11) is 0. The number of carboxylic acids is 1. The van der Waals surface area contributed by atoms with Crippen molar-refractivity contribution < 1.29 is 24.7 Å². The number of nitro benzene ring substituents is 1. The Balaban J connectivity index is 2.08. The van der Waals surface area contributed by atoms with Gasteiger partial charge in [0.2, 0.25) is 5.91 Å². The molecule has 1 aromatic carbocycles. The summed E-state index contributed by atoms with van der Waals surface area (Å²) in [5.41, 5.74) is -0.0540. The van der Waals surface area contributed by atoms with E-state index in [1.54, 1.807) is 0 Å². The molecule has 0 spiro atoms. The Labute approximate surface area is 133 Å². The van der Waals surface area contributed by atoms with E-state index >= 15 is 0 Å². The maximum absolute atomic E-state index is 11.5. The molecular weight excluding hydrogens is 328 g/mol. The zero-order chi connectivity index (χ0) is 17.0. The van der Waals surface area contributed by atoms with Gasteiger partial charge in [-0.2, -0.15) is 5.10 Å². The van der Waals surface area contributed by atoms with Crippen molar-refractivity contribution in [3.63, 3.8) is 0 Å². The SMILES string of the molecule is O=C(O)CC1SC(=NN=Cc2cc(O)cc([N+](=O)[O-])c2)NC1=O. The lowest BCUT2D eigenvalue weighted by Crippen LogP contribution is -2.26. The Bertz CT molecular complexity index is 732. The predicted molar refractivity (Wildman–Crippen MR) is 81.6 cm³/mol. The molecule has 1 aromatic rings. The first-order chi connectivity index (χ1) is 10.8. The number of non-ortho nitro benzene ring substituents is 1. The maximum atomic E-state index is 11.5. The molecule has 1 unspecified atom stereocenters. The molecule has 1 aliphatic heterocycles. The third-order valence-corrected chi connectivity index (χ3v) is 3.70. The minimum atomic E-state index is -1.10. The summed E-state index contributed by atoms with van der Waals surface area (Å²) in [6, 6.07) is 3.44. The molecule has 11 heteroatoms. The average molecular weight is 338 g/mol. The van der Waals surface area contributed by atoms with E-state index in [0.29, 0.717) is 0 Å². The Kier molecular flexibility index (Phi) is 4.91. The lowest BCUT2D eigenvalue weighted by Gasteiger charge is -1.98. The summed E-state index contributed by atoms with van der Waals surface area (Å²) >= 11 is 0.931. The molecule has 1 heterocycles. The van der Waals surface area contributed by atoms with Gasteiger partial charge in [-0.3, -0.25) is 19.7 Å². The van der Waals surface area contributed by atoms with E-state index in [1.807, 2.05) is 0 Å². The van der Waals surface area contributed by atoms with Gasteiger partial charge in [0.05, 0.1) is 23.6 Å². The number of carbonyl (C=O) groups excluding carboxylic acids is 1. The fraction of sp³-hybridized carbons (Fsp3) is 0.167. The molecule has 10 nitrogen and oxygen atoms in total. The number of aliphatic carboxylic acids is 1. The van der Waals surface area contributed by atoms with Crippen molar-refractivity contribution in [3.8, 4) is 5.75 Å². The Morgan fingerprint density at radius 1 is 1.48 bits per heavy atom. The van der Waals surface area contributed by atoms with Gasteiger partial charge in [-0.15, -0.1) is 5.10 Å². The van der Waals surface area contributed by atoms with Crippen LogP contribution in [0.2, 0.25) is 0 Å². The summed E-state index contributed by atoms with van der Waals surface area (Å²) in [5.74, 6) is -1.87. The number of amides is 1. The second kappa shape index (κ2) is 6.87. The topological polar surface area (TPSA) is 154 Å². The van der Waals surface area contributed by atoms with Gasteiger partial charge < -0.3 is 15.5 Å². The van der Waals surface area contributed by atoms with Gasteiger partial charge >= 0.3 is 5.97 Å². The van der Waals surface area contributed by atoms with Crippen LogP contribution in [-0.4, -0.2) is 43.6 Å². The van der Waals surface area contributed by atoms with Gasteiger partial charge in [0.25, 0.3) is 5.69 Å². The van der Waals surface area contributed by atoms with E-state index in [0.717, 1.165) is 24.0 Å². The number of nitrogens with one attached hydrogen (secondary N) is 1. The number of thioether (sulfide) groups is 1. The van der Waals surface area contributed by atoms with Crippen LogP contribution in [0.3, 0.4) is 0 Å². The monoisotopic (exact) mass is 338 g/mol. The van der Waals surface area contributed by atoms with Crippen molar-refractivity contribution in [2.75, 3.05) is 0 Å². The first-order valence-electron chi connectivity index (χ1n) is 6.14. The van der Waals surface area contributed by atoms with E-state index in [-0.39, 0.29) is 28.6 Å². The number of carboxylic acid groups (broad SMARTS) is 1. The number of hydrogen-bond donors (Lipinski definition) is 3. The highest BCUT2D eigenvalue weighted by atomic mass is 32.2. The molecule has 1 amide bonds. The van der Waals surface area contributed by atoms with Crippen molar-refractivity contribution >= 4 is 40.7 Å². The molecule has 0 bridgehead atoms. The molecule has 2 rings (SSSR count). The highest BCUT2D eigenvalue weighted by molar-refractivity contribution is 8.15. The van der Waals surface area contributed by atoms with Crippen LogP contribution in [0.4, 0.5) is 5.69 Å². The number of nitrogens with zero attached hydrogens (tertiary/aromatic N) is 3. The number of phenols is 1. The molecule has 0 radical (unpaired) electrons. The quantitative estimate of drug-likeness (QED) is 0.405. The fourth-order valence-corrected chi connectivity index (χ4v) is 2.61. The molecule has 1 saturated heterocycles. The number of nitro groups is 1. The Morgan fingerprint density at radius 2 is 2.22 bits per heavy atom. The average Bonchev–Trinajstić information content (AvgIpc) is 2.77. The molecule has 120 valence electrons. The summed E-state index contributed by atoms with van der Waals surface area (Å²) in [6.45, 7) is 0. The van der Waals surface area contributed by atoms with Crippen LogP contribution in [0.25, 0.3) is 0 Å². The number of carbonyl (C=O) groups is 2. The molecule has 0 aliphatic carbocycles. The van der Waals surface area contributed by atoms with Gasteiger partial charge in [-0.1, -0.05) is 11.8 Å². The van der Waals surface area contributed by atoms with Gasteiger partial charge in [0.15, 0.2) is 5.17 Å². The predicted octanol–water partition coefficient (Wildman–Crippen LogP) is 0.697. The van der Waals surface area contributed by atoms with Crippen LogP contribution in [-0.2, 0) is 9.59 Å². The zero-order valence-corrected chi connectivity index (χ0v) is 12.2. The largest absolute Gasteiger partial charge is 0.508 e. The van der Waals surface area contributed by atoms with Gasteiger partial charge in [0.1, 0.15) is 11.0 Å². The normalized spacial score (nSPS) is 19.2. The zero-order valence-electron chi connectivity index (χ0n) is 11.4. The number of aromatic hydroxyl groups is 1. The first-order valence-corrected chi connectivity index (χ1v) is 7.02. The van der Waals surface area contributed by atoms with Gasteiger partial charge in [-0.25, -0.2) is 0 Å². The summed E-state index contributed by atoms with van der Waals surface area (Å²) < 4.78 is 0. The van der Waals surface area contributed by atoms with E-state index in [9.17, 15) is 24.8 Å². The smallest absolute Gasteiger partial charge is 0.305 e. The number of benzene rings is 1. The minimum absolute atomic E-state index is 0.132. The maximum Gasteiger partial charge on any atom is 0.305 e. The number of phenolic OH excluding ortho intramolecular Hbond substituents is 1. The molecule has 23 heavy (non-hydrogen) atoms. The third kappa shape index (κ3) is 4.51. The minimum Gasteiger partial charge on any atom is -0.508 e. The molecule has 0 aromatic heterocycles. The highest BCUT2D eigenvalue weighted by Gasteiger charge is 2.32. The first kappa shape index (κ1) is 16.4. The standard InChI is InChI=1S/C12H10N4O6S/c17-8-2-6(1-7(3-8)16(21)22)5-13-15-12-14-11(20)9(23-12)4-10(18)19/h1-3,5,9,17H,4H2,(H,18,19)(H,14,15,20). The van der Waals surface area contributed by atoms with Crippen LogP contribution in [0.1, 0.15) is 12.0 Å². The molecule has 1 fully saturated rings. The number of amidine groups is 1. The van der Waals surface area contributed by atoms with Gasteiger partial charge in [-0.05, 0) is 6.07 Å². The molecule has 1 aliphatic rings. The van der Waals surface area contributed by atoms with Crippen LogP contribution < -0.4 is 5.32 Å². The lowest BCUT2D eigenvalue weighted by atomic mass is 10.2. The van der Waals surface area contributed by atoms with E-state index < -0.39 is 22.0 Å².